The van der Waals surface area contributed by atoms with Gasteiger partial charge in [-0.2, -0.15) is 5.10 Å². The van der Waals surface area contributed by atoms with Gasteiger partial charge in [-0.25, -0.2) is 4.98 Å². The summed E-state index contributed by atoms with van der Waals surface area (Å²) in [6, 6.07) is 0.254. The van der Waals surface area contributed by atoms with Gasteiger partial charge in [0.25, 0.3) is 5.95 Å². The van der Waals surface area contributed by atoms with Gasteiger partial charge in [0.05, 0.1) is 18.9 Å². The zero-order valence-electron chi connectivity index (χ0n) is 10.3. The Kier molecular flexibility index (Phi) is 4.13. The van der Waals surface area contributed by atoms with E-state index in [0.717, 1.165) is 6.54 Å². The largest absolute Gasteiger partial charge is 0.406 e. The molecule has 2 aromatic heterocycles. The molecular weight excluding hydrogens is 234 g/mol. The predicted octanol–water partition coefficient (Wildman–Crippen LogP) is 0.744. The van der Waals surface area contributed by atoms with Gasteiger partial charge in [0.2, 0.25) is 5.89 Å². The van der Waals surface area contributed by atoms with Crippen LogP contribution in [-0.4, -0.2) is 31.9 Å². The first-order valence-electron chi connectivity index (χ1n) is 5.68. The Morgan fingerprint density at radius 3 is 2.83 bits per heavy atom. The second-order valence-corrected chi connectivity index (χ2v) is 4.12. The topological polar surface area (TPSA) is 102 Å². The van der Waals surface area contributed by atoms with Crippen LogP contribution in [0.15, 0.2) is 16.8 Å². The van der Waals surface area contributed by atoms with Crippen molar-refractivity contribution < 1.29 is 4.42 Å². The molecule has 18 heavy (non-hydrogen) atoms. The molecule has 2 aromatic rings. The van der Waals surface area contributed by atoms with Gasteiger partial charge in [-0.05, 0) is 12.5 Å². The van der Waals surface area contributed by atoms with Crippen LogP contribution in [0.25, 0.3) is 0 Å². The van der Waals surface area contributed by atoms with Gasteiger partial charge in [-0.3, -0.25) is 5.32 Å². The Morgan fingerprint density at radius 1 is 1.22 bits per heavy atom. The van der Waals surface area contributed by atoms with E-state index in [1.54, 1.807) is 0 Å². The average Bonchev–Trinajstić information content (AvgIpc) is 2.78. The first-order chi connectivity index (χ1) is 8.74. The van der Waals surface area contributed by atoms with Crippen LogP contribution in [0.1, 0.15) is 19.7 Å². The smallest absolute Gasteiger partial charge is 0.322 e. The normalized spacial score (nSPS) is 10.8. The molecule has 0 fully saturated rings. The third kappa shape index (κ3) is 3.74. The van der Waals surface area contributed by atoms with Crippen LogP contribution in [0, 0.1) is 5.92 Å². The summed E-state index contributed by atoms with van der Waals surface area (Å²) in [6.45, 7) is 5.71. The fraction of sp³-hybridized carbons (Fsp3) is 0.500. The molecule has 0 amide bonds. The quantitative estimate of drug-likeness (QED) is 0.773. The summed E-state index contributed by atoms with van der Waals surface area (Å²) in [5.74, 6) is 1.42. The maximum absolute atomic E-state index is 5.37. The lowest BCUT2D eigenvalue weighted by atomic mass is 10.2. The number of nitrogens with one attached hydrogen (secondary N) is 2. The van der Waals surface area contributed by atoms with Gasteiger partial charge in [0.15, 0.2) is 0 Å². The van der Waals surface area contributed by atoms with E-state index < -0.39 is 0 Å². The second-order valence-electron chi connectivity index (χ2n) is 4.12. The summed E-state index contributed by atoms with van der Waals surface area (Å²) in [6.07, 6.45) is 3.01. The molecule has 8 nitrogen and oxygen atoms in total. The first-order valence-corrected chi connectivity index (χ1v) is 5.68. The molecule has 0 spiro atoms. The summed E-state index contributed by atoms with van der Waals surface area (Å²) >= 11 is 0. The van der Waals surface area contributed by atoms with Gasteiger partial charge >= 0.3 is 6.01 Å². The van der Waals surface area contributed by atoms with Gasteiger partial charge < -0.3 is 9.73 Å². The van der Waals surface area contributed by atoms with Crippen LogP contribution in [0.5, 0.6) is 0 Å². The van der Waals surface area contributed by atoms with E-state index in [1.807, 2.05) is 0 Å². The van der Waals surface area contributed by atoms with Crippen molar-refractivity contribution >= 4 is 12.0 Å². The number of anilines is 2. The molecule has 0 bridgehead atoms. The van der Waals surface area contributed by atoms with E-state index in [1.165, 1.54) is 12.4 Å². The van der Waals surface area contributed by atoms with E-state index in [9.17, 15) is 0 Å². The van der Waals surface area contributed by atoms with Gasteiger partial charge in [0.1, 0.15) is 0 Å². The third-order valence-corrected chi connectivity index (χ3v) is 2.00. The minimum absolute atomic E-state index is 0.254. The maximum Gasteiger partial charge on any atom is 0.322 e. The highest BCUT2D eigenvalue weighted by molar-refractivity contribution is 5.37. The molecule has 2 rings (SSSR count). The monoisotopic (exact) mass is 249 g/mol. The van der Waals surface area contributed by atoms with Crippen molar-refractivity contribution in [2.45, 2.75) is 20.4 Å². The molecule has 0 aromatic carbocycles. The van der Waals surface area contributed by atoms with Gasteiger partial charge in [0, 0.05) is 0 Å². The number of hydrogen-bond donors (Lipinski definition) is 2. The van der Waals surface area contributed by atoms with Crippen molar-refractivity contribution in [2.75, 3.05) is 11.9 Å². The molecule has 2 N–H and O–H groups in total. The Balaban J connectivity index is 1.86. The maximum atomic E-state index is 5.37. The Morgan fingerprint density at radius 2 is 2.11 bits per heavy atom. The fourth-order valence-corrected chi connectivity index (χ4v) is 1.24. The molecule has 0 aliphatic rings. The highest BCUT2D eigenvalue weighted by Gasteiger charge is 2.07. The van der Waals surface area contributed by atoms with E-state index in [4.69, 9.17) is 4.42 Å². The molecular formula is C10H15N7O. The summed E-state index contributed by atoms with van der Waals surface area (Å²) in [5.41, 5.74) is 0. The third-order valence-electron chi connectivity index (χ3n) is 2.00. The van der Waals surface area contributed by atoms with E-state index in [-0.39, 0.29) is 6.01 Å². The minimum Gasteiger partial charge on any atom is -0.406 e. The Hall–Kier alpha value is -2.09. The highest BCUT2D eigenvalue weighted by Crippen LogP contribution is 2.09. The van der Waals surface area contributed by atoms with Crippen molar-refractivity contribution in [1.82, 2.24) is 30.7 Å². The number of aromatic nitrogens is 5. The lowest BCUT2D eigenvalue weighted by molar-refractivity contribution is 0.460. The lowest BCUT2D eigenvalue weighted by Gasteiger charge is -2.03. The molecule has 96 valence electrons. The molecule has 0 aliphatic heterocycles. The summed E-state index contributed by atoms with van der Waals surface area (Å²) in [5, 5.41) is 21.1. The molecule has 0 unspecified atom stereocenters. The second kappa shape index (κ2) is 6.01. The number of nitrogens with zero attached hydrogens (tertiary/aromatic N) is 5. The van der Waals surface area contributed by atoms with Crippen molar-refractivity contribution in [3.63, 3.8) is 0 Å². The molecule has 0 saturated carbocycles. The number of hydrogen-bond acceptors (Lipinski definition) is 8. The Labute approximate surface area is 104 Å². The van der Waals surface area contributed by atoms with Gasteiger partial charge in [-0.15, -0.1) is 10.2 Å². The van der Waals surface area contributed by atoms with Crippen LogP contribution in [0.3, 0.4) is 0 Å². The molecule has 8 heteroatoms. The summed E-state index contributed by atoms with van der Waals surface area (Å²) in [7, 11) is 0. The van der Waals surface area contributed by atoms with Crippen LogP contribution in [0.2, 0.25) is 0 Å². The van der Waals surface area contributed by atoms with E-state index in [2.05, 4.69) is 49.9 Å². The van der Waals surface area contributed by atoms with Crippen LogP contribution >= 0.6 is 0 Å². The fourth-order valence-electron chi connectivity index (χ4n) is 1.24. The number of rotatable bonds is 6. The first kappa shape index (κ1) is 12.4. The average molecular weight is 249 g/mol. The molecule has 0 aliphatic carbocycles. The molecule has 0 saturated heterocycles. The van der Waals surface area contributed by atoms with Crippen molar-refractivity contribution in [2.24, 2.45) is 5.92 Å². The molecule has 2 heterocycles. The minimum atomic E-state index is 0.254. The standard InChI is InChI=1S/C10H15N7O/c1-7(2)5-11-6-8-15-17-10(18-8)14-9-12-3-4-13-16-9/h3-4,7,11H,5-6H2,1-2H3,(H,12,14,16,17). The van der Waals surface area contributed by atoms with E-state index in [0.29, 0.717) is 24.3 Å². The zero-order valence-corrected chi connectivity index (χ0v) is 10.3. The van der Waals surface area contributed by atoms with Crippen LogP contribution in [-0.2, 0) is 6.54 Å². The molecule has 0 atom stereocenters. The molecule has 0 radical (unpaired) electrons. The van der Waals surface area contributed by atoms with Crippen LogP contribution in [0.4, 0.5) is 12.0 Å². The summed E-state index contributed by atoms with van der Waals surface area (Å²) < 4.78 is 5.37. The van der Waals surface area contributed by atoms with E-state index >= 15 is 0 Å². The van der Waals surface area contributed by atoms with Crippen molar-refractivity contribution in [3.8, 4) is 0 Å². The highest BCUT2D eigenvalue weighted by atomic mass is 16.4. The van der Waals surface area contributed by atoms with Crippen molar-refractivity contribution in [3.05, 3.63) is 18.3 Å². The predicted molar refractivity (Wildman–Crippen MR) is 64.0 cm³/mol. The van der Waals surface area contributed by atoms with Crippen LogP contribution < -0.4 is 10.6 Å². The Bertz CT molecular complexity index is 470. The zero-order chi connectivity index (χ0) is 12.8. The summed E-state index contributed by atoms with van der Waals surface area (Å²) in [4.78, 5) is 3.94. The van der Waals surface area contributed by atoms with Gasteiger partial charge in [-0.1, -0.05) is 18.9 Å². The lowest BCUT2D eigenvalue weighted by Crippen LogP contribution is -2.19. The van der Waals surface area contributed by atoms with Crippen molar-refractivity contribution in [1.29, 1.82) is 0 Å². The SMILES string of the molecule is CC(C)CNCc1nnc(Nc2nccnn2)o1.